The molecular formula is C19H20ClFN2O. The zero-order chi connectivity index (χ0) is 16.9. The van der Waals surface area contributed by atoms with Crippen LogP contribution in [0, 0.1) is 5.82 Å². The number of piperazine rings is 1. The molecular weight excluding hydrogens is 327 g/mol. The number of nitrogens with zero attached hydrogens (tertiary/aromatic N) is 2. The predicted octanol–water partition coefficient (Wildman–Crippen LogP) is 3.76. The number of carbonyl (C=O) groups excluding carboxylic acids is 1. The van der Waals surface area contributed by atoms with Crippen LogP contribution in [0.5, 0.6) is 0 Å². The number of para-hydroxylation sites is 1. The average Bonchev–Trinajstić information content (AvgIpc) is 2.61. The minimum Gasteiger partial charge on any atom is -0.367 e. The van der Waals surface area contributed by atoms with Crippen LogP contribution in [0.25, 0.3) is 0 Å². The maximum Gasteiger partial charge on any atom is 0.223 e. The molecule has 0 N–H and O–H groups in total. The Bertz CT molecular complexity index is 697. The fourth-order valence-electron chi connectivity index (χ4n) is 2.97. The van der Waals surface area contributed by atoms with Crippen LogP contribution in [0.3, 0.4) is 0 Å². The van der Waals surface area contributed by atoms with E-state index in [1.54, 1.807) is 12.1 Å². The van der Waals surface area contributed by atoms with Gasteiger partial charge in [0.05, 0.1) is 10.7 Å². The maximum absolute atomic E-state index is 12.9. The van der Waals surface area contributed by atoms with Gasteiger partial charge in [-0.05, 0) is 36.2 Å². The topological polar surface area (TPSA) is 23.6 Å². The standard InChI is InChI=1S/C19H20ClFN2O/c20-17-3-1-2-4-18(17)22-11-13-23(14-12-22)19(24)10-7-15-5-8-16(21)9-6-15/h1-6,8-9H,7,10-14H2. The molecule has 0 radical (unpaired) electrons. The Kier molecular flexibility index (Phi) is 5.36. The van der Waals surface area contributed by atoms with E-state index in [9.17, 15) is 9.18 Å². The Morgan fingerprint density at radius 2 is 1.67 bits per heavy atom. The highest BCUT2D eigenvalue weighted by atomic mass is 35.5. The number of benzene rings is 2. The predicted molar refractivity (Wildman–Crippen MR) is 95.0 cm³/mol. The van der Waals surface area contributed by atoms with Gasteiger partial charge in [0.25, 0.3) is 0 Å². The van der Waals surface area contributed by atoms with Crippen LogP contribution in [-0.4, -0.2) is 37.0 Å². The second-order valence-electron chi connectivity index (χ2n) is 5.95. The Balaban J connectivity index is 1.50. The number of aryl methyl sites for hydroxylation is 1. The third-order valence-corrected chi connectivity index (χ3v) is 4.69. The maximum atomic E-state index is 12.9. The number of anilines is 1. The van der Waals surface area contributed by atoms with Crippen LogP contribution >= 0.6 is 11.6 Å². The summed E-state index contributed by atoms with van der Waals surface area (Å²) in [6.45, 7) is 2.97. The van der Waals surface area contributed by atoms with E-state index >= 15 is 0 Å². The molecule has 1 fully saturated rings. The molecule has 3 rings (SSSR count). The summed E-state index contributed by atoms with van der Waals surface area (Å²) < 4.78 is 12.9. The molecule has 5 heteroatoms. The minimum absolute atomic E-state index is 0.151. The lowest BCUT2D eigenvalue weighted by Gasteiger charge is -2.36. The van der Waals surface area contributed by atoms with Crippen LogP contribution in [0.15, 0.2) is 48.5 Å². The van der Waals surface area contributed by atoms with Crippen LogP contribution in [0.2, 0.25) is 5.02 Å². The van der Waals surface area contributed by atoms with E-state index in [1.807, 2.05) is 29.2 Å². The molecule has 3 nitrogen and oxygen atoms in total. The van der Waals surface area contributed by atoms with Gasteiger partial charge in [0.15, 0.2) is 0 Å². The molecule has 0 unspecified atom stereocenters. The largest absolute Gasteiger partial charge is 0.367 e. The summed E-state index contributed by atoms with van der Waals surface area (Å²) in [4.78, 5) is 16.5. The monoisotopic (exact) mass is 346 g/mol. The first kappa shape index (κ1) is 16.8. The van der Waals surface area contributed by atoms with Crippen molar-refractivity contribution in [2.45, 2.75) is 12.8 Å². The van der Waals surface area contributed by atoms with Gasteiger partial charge in [-0.2, -0.15) is 0 Å². The van der Waals surface area contributed by atoms with Crippen LogP contribution in [0.1, 0.15) is 12.0 Å². The van der Waals surface area contributed by atoms with Crippen molar-refractivity contribution < 1.29 is 9.18 Å². The van der Waals surface area contributed by atoms with Gasteiger partial charge in [-0.1, -0.05) is 35.9 Å². The summed E-state index contributed by atoms with van der Waals surface area (Å²) >= 11 is 6.24. The molecule has 0 saturated carbocycles. The summed E-state index contributed by atoms with van der Waals surface area (Å²) in [6.07, 6.45) is 1.10. The van der Waals surface area contributed by atoms with Crippen LogP contribution < -0.4 is 4.90 Å². The second kappa shape index (κ2) is 7.67. The van der Waals surface area contributed by atoms with E-state index in [4.69, 9.17) is 11.6 Å². The number of carbonyl (C=O) groups is 1. The first-order chi connectivity index (χ1) is 11.6. The summed E-state index contributed by atoms with van der Waals surface area (Å²) in [5.74, 6) is -0.0982. The highest BCUT2D eigenvalue weighted by Crippen LogP contribution is 2.26. The molecule has 0 aliphatic carbocycles. The summed E-state index contributed by atoms with van der Waals surface area (Å²) in [5, 5.41) is 0.744. The van der Waals surface area contributed by atoms with Gasteiger partial charge in [-0.15, -0.1) is 0 Å². The zero-order valence-corrected chi connectivity index (χ0v) is 14.2. The van der Waals surface area contributed by atoms with Crippen LogP contribution in [-0.2, 0) is 11.2 Å². The number of rotatable bonds is 4. The molecule has 1 saturated heterocycles. The smallest absolute Gasteiger partial charge is 0.223 e. The summed E-state index contributed by atoms with van der Waals surface area (Å²) in [6, 6.07) is 14.1. The number of amides is 1. The fraction of sp³-hybridized carbons (Fsp3) is 0.316. The Morgan fingerprint density at radius 3 is 2.33 bits per heavy atom. The SMILES string of the molecule is O=C(CCc1ccc(F)cc1)N1CCN(c2ccccc2Cl)CC1. The lowest BCUT2D eigenvalue weighted by Crippen LogP contribution is -2.48. The quantitative estimate of drug-likeness (QED) is 0.841. The van der Waals surface area contributed by atoms with E-state index in [0.717, 1.165) is 29.4 Å². The Labute approximate surface area is 146 Å². The van der Waals surface area contributed by atoms with Gasteiger partial charge in [0.1, 0.15) is 5.82 Å². The number of halogens is 2. The van der Waals surface area contributed by atoms with E-state index in [1.165, 1.54) is 12.1 Å². The summed E-state index contributed by atoms with van der Waals surface area (Å²) in [5.41, 5.74) is 2.01. The molecule has 2 aromatic rings. The van der Waals surface area contributed by atoms with Crippen molar-refractivity contribution in [1.82, 2.24) is 4.90 Å². The van der Waals surface area contributed by atoms with Crippen molar-refractivity contribution in [2.75, 3.05) is 31.1 Å². The minimum atomic E-state index is -0.249. The molecule has 2 aromatic carbocycles. The first-order valence-corrected chi connectivity index (χ1v) is 8.53. The highest BCUT2D eigenvalue weighted by Gasteiger charge is 2.21. The molecule has 1 amide bonds. The lowest BCUT2D eigenvalue weighted by molar-refractivity contribution is -0.131. The van der Waals surface area contributed by atoms with E-state index in [0.29, 0.717) is 25.9 Å². The molecule has 1 heterocycles. The number of hydrogen-bond donors (Lipinski definition) is 0. The van der Waals surface area contributed by atoms with E-state index in [-0.39, 0.29) is 11.7 Å². The molecule has 126 valence electrons. The molecule has 0 aromatic heterocycles. The molecule has 1 aliphatic heterocycles. The van der Waals surface area contributed by atoms with Gasteiger partial charge >= 0.3 is 0 Å². The highest BCUT2D eigenvalue weighted by molar-refractivity contribution is 6.33. The normalized spacial score (nSPS) is 14.8. The van der Waals surface area contributed by atoms with E-state index < -0.39 is 0 Å². The Morgan fingerprint density at radius 1 is 1.00 bits per heavy atom. The molecule has 1 aliphatic rings. The summed E-state index contributed by atoms with van der Waals surface area (Å²) in [7, 11) is 0. The Hall–Kier alpha value is -2.07. The van der Waals surface area contributed by atoms with Crippen molar-refractivity contribution in [2.24, 2.45) is 0 Å². The van der Waals surface area contributed by atoms with Gasteiger partial charge in [0, 0.05) is 32.6 Å². The van der Waals surface area contributed by atoms with Gasteiger partial charge in [0.2, 0.25) is 5.91 Å². The molecule has 0 atom stereocenters. The van der Waals surface area contributed by atoms with Gasteiger partial charge in [-0.3, -0.25) is 4.79 Å². The lowest BCUT2D eigenvalue weighted by atomic mass is 10.1. The first-order valence-electron chi connectivity index (χ1n) is 8.15. The van der Waals surface area contributed by atoms with Crippen molar-refractivity contribution in [3.63, 3.8) is 0 Å². The van der Waals surface area contributed by atoms with E-state index in [2.05, 4.69) is 4.90 Å². The third-order valence-electron chi connectivity index (χ3n) is 4.37. The van der Waals surface area contributed by atoms with Crippen molar-refractivity contribution in [3.05, 3.63) is 64.9 Å². The van der Waals surface area contributed by atoms with Crippen LogP contribution in [0.4, 0.5) is 10.1 Å². The zero-order valence-electron chi connectivity index (χ0n) is 13.4. The fourth-order valence-corrected chi connectivity index (χ4v) is 3.22. The van der Waals surface area contributed by atoms with Crippen molar-refractivity contribution in [1.29, 1.82) is 0 Å². The van der Waals surface area contributed by atoms with Crippen molar-refractivity contribution in [3.8, 4) is 0 Å². The third kappa shape index (κ3) is 4.06. The second-order valence-corrected chi connectivity index (χ2v) is 6.35. The van der Waals surface area contributed by atoms with Gasteiger partial charge < -0.3 is 9.80 Å². The average molecular weight is 347 g/mol. The van der Waals surface area contributed by atoms with Gasteiger partial charge in [-0.25, -0.2) is 4.39 Å². The molecule has 0 bridgehead atoms. The molecule has 0 spiro atoms. The van der Waals surface area contributed by atoms with Crippen molar-refractivity contribution >= 4 is 23.2 Å². The number of hydrogen-bond acceptors (Lipinski definition) is 2. The molecule has 24 heavy (non-hydrogen) atoms.